The highest BCUT2D eigenvalue weighted by molar-refractivity contribution is 6.43. The summed E-state index contributed by atoms with van der Waals surface area (Å²) in [5, 5.41) is 19.0. The first-order chi connectivity index (χ1) is 10.9. The highest BCUT2D eigenvalue weighted by Crippen LogP contribution is 2.22. The molecule has 0 aliphatic rings. The van der Waals surface area contributed by atoms with Gasteiger partial charge in [-0.05, 0) is 42.8 Å². The maximum absolute atomic E-state index is 12.9. The zero-order valence-electron chi connectivity index (χ0n) is 14.6. The number of carbonyl (C=O) groups is 1. The van der Waals surface area contributed by atoms with E-state index in [0.717, 1.165) is 31.2 Å². The second-order valence-corrected chi connectivity index (χ2v) is 6.20. The van der Waals surface area contributed by atoms with Gasteiger partial charge in [0.1, 0.15) is 11.9 Å². The summed E-state index contributed by atoms with van der Waals surface area (Å²) in [5.74, 6) is -0.685. The molecule has 8 heteroatoms. The summed E-state index contributed by atoms with van der Waals surface area (Å²) in [7, 11) is -1.49. The van der Waals surface area contributed by atoms with Crippen LogP contribution in [0.4, 0.5) is 4.39 Å². The molecule has 0 amide bonds. The normalized spacial score (nSPS) is 12.5. The Morgan fingerprint density at radius 2 is 1.76 bits per heavy atom. The largest absolute Gasteiger partial charge is 1.00 e. The van der Waals surface area contributed by atoms with Crippen molar-refractivity contribution in [1.29, 1.82) is 0 Å². The molecule has 25 heavy (non-hydrogen) atoms. The van der Waals surface area contributed by atoms with Crippen molar-refractivity contribution >= 4 is 12.9 Å². The lowest BCUT2D eigenvalue weighted by Crippen LogP contribution is -3.00. The molecule has 1 rings (SSSR count). The minimum atomic E-state index is -1.49. The Labute approximate surface area is 162 Å². The molecule has 144 valence electrons. The van der Waals surface area contributed by atoms with E-state index < -0.39 is 12.9 Å². The van der Waals surface area contributed by atoms with Gasteiger partial charge in [0, 0.05) is 12.8 Å². The van der Waals surface area contributed by atoms with Crippen molar-refractivity contribution < 1.29 is 49.8 Å². The van der Waals surface area contributed by atoms with Crippen LogP contribution in [0, 0.1) is 5.82 Å². The topological polar surface area (TPSA) is 85.2 Å². The number of unbranched alkanes of at least 4 members (excludes halogenated alkanes) is 2. The lowest BCUT2D eigenvalue weighted by Gasteiger charge is -2.16. The van der Waals surface area contributed by atoms with E-state index in [0.29, 0.717) is 19.3 Å². The predicted octanol–water partition coefficient (Wildman–Crippen LogP) is -4.24. The third-order valence-electron chi connectivity index (χ3n) is 4.21. The van der Waals surface area contributed by atoms with Crippen LogP contribution in [0.25, 0.3) is 0 Å². The number of carbonyl (C=O) groups excluding carboxylic acids is 1. The number of rotatable bonds is 11. The zero-order valence-corrected chi connectivity index (χ0v) is 16.1. The van der Waals surface area contributed by atoms with Crippen molar-refractivity contribution in [2.45, 2.75) is 63.7 Å². The summed E-state index contributed by atoms with van der Waals surface area (Å²) in [5.41, 5.74) is 4.74. The fourth-order valence-electron chi connectivity index (χ4n) is 2.61. The van der Waals surface area contributed by atoms with Crippen LogP contribution in [0.3, 0.4) is 0 Å². The van der Waals surface area contributed by atoms with Crippen molar-refractivity contribution in [2.24, 2.45) is 0 Å². The summed E-state index contributed by atoms with van der Waals surface area (Å²) in [4.78, 5) is 12.1. The Kier molecular flexibility index (Phi) is 15.4. The summed E-state index contributed by atoms with van der Waals surface area (Å²) >= 11 is 0. The maximum atomic E-state index is 12.9. The Morgan fingerprint density at radius 3 is 2.28 bits per heavy atom. The molecule has 0 saturated carbocycles. The highest BCUT2D eigenvalue weighted by atomic mass is 35.5. The molecule has 0 unspecified atom stereocenters. The Balaban J connectivity index is 0. The van der Waals surface area contributed by atoms with E-state index in [-0.39, 0.29) is 42.5 Å². The Morgan fingerprint density at radius 1 is 1.16 bits per heavy atom. The van der Waals surface area contributed by atoms with Gasteiger partial charge in [0.15, 0.2) is 5.78 Å². The Bertz CT molecular complexity index is 477. The highest BCUT2D eigenvalue weighted by Gasteiger charge is 2.26. The number of hydrogen-bond acceptors (Lipinski definition) is 3. The number of Topliss-reactive ketones (excluding diaryl/α,β-unsaturated/α-hetero) is 1. The number of quaternary nitrogens is 1. The molecule has 0 spiro atoms. The number of hydrogen-bond donors (Lipinski definition) is 3. The smallest absolute Gasteiger partial charge is 0.455 e. The van der Waals surface area contributed by atoms with Gasteiger partial charge in [-0.2, -0.15) is 0 Å². The van der Waals surface area contributed by atoms with Crippen molar-refractivity contribution in [1.82, 2.24) is 0 Å². The molecule has 4 nitrogen and oxygen atoms in total. The van der Waals surface area contributed by atoms with Crippen molar-refractivity contribution in [3.05, 3.63) is 35.6 Å². The van der Waals surface area contributed by atoms with E-state index in [9.17, 15) is 19.2 Å². The number of ketones is 1. The van der Waals surface area contributed by atoms with Crippen LogP contribution in [0.15, 0.2) is 24.3 Å². The van der Waals surface area contributed by atoms with E-state index in [1.165, 1.54) is 12.1 Å². The SMILES string of the molecule is CCCCC[C@H]([NH3+])C(=O)CC[C@@H](Cc1ccc(F)cc1)B(O)O.[Cl-].[Cl-]. The molecule has 0 saturated heterocycles. The molecule has 0 heterocycles. The number of benzene rings is 1. The van der Waals surface area contributed by atoms with Gasteiger partial charge in [-0.1, -0.05) is 31.9 Å². The first kappa shape index (κ1) is 26.6. The minimum Gasteiger partial charge on any atom is -1.00 e. The van der Waals surface area contributed by atoms with Crippen LogP contribution < -0.4 is 30.5 Å². The molecule has 0 bridgehead atoms. The first-order valence-corrected chi connectivity index (χ1v) is 8.40. The standard InChI is InChI=1S/C17H27BFNO3.2ClH/c1-2-3-4-5-16(20)17(21)11-8-14(18(22)23)12-13-6-9-15(19)10-7-13;;/h6-7,9-10,14,16,22-23H,2-5,8,11-12,20H2,1H3;2*1H/p-1/t14-,16-;;/m0../s1. The predicted molar refractivity (Wildman–Crippen MR) is 89.1 cm³/mol. The lowest BCUT2D eigenvalue weighted by atomic mass is 9.67. The van der Waals surface area contributed by atoms with Gasteiger partial charge in [0.2, 0.25) is 0 Å². The quantitative estimate of drug-likeness (QED) is 0.262. The van der Waals surface area contributed by atoms with Crippen LogP contribution in [-0.4, -0.2) is 29.0 Å². The van der Waals surface area contributed by atoms with Crippen LogP contribution in [0.2, 0.25) is 5.82 Å². The summed E-state index contributed by atoms with van der Waals surface area (Å²) in [6.07, 6.45) is 5.09. The fourth-order valence-corrected chi connectivity index (χ4v) is 2.61. The lowest BCUT2D eigenvalue weighted by molar-refractivity contribution is -0.404. The molecule has 0 fully saturated rings. The van der Waals surface area contributed by atoms with Crippen molar-refractivity contribution in [2.75, 3.05) is 0 Å². The summed E-state index contributed by atoms with van der Waals surface area (Å²) in [6, 6.07) is 5.73. The molecular formula is C17H28BCl2FNO3-. The average Bonchev–Trinajstić information content (AvgIpc) is 2.52. The summed E-state index contributed by atoms with van der Waals surface area (Å²) < 4.78 is 12.9. The third-order valence-corrected chi connectivity index (χ3v) is 4.21. The van der Waals surface area contributed by atoms with Crippen LogP contribution in [-0.2, 0) is 11.2 Å². The average molecular weight is 395 g/mol. The molecule has 0 aliphatic carbocycles. The van der Waals surface area contributed by atoms with E-state index in [1.807, 2.05) is 0 Å². The monoisotopic (exact) mass is 394 g/mol. The molecular weight excluding hydrogens is 367 g/mol. The third kappa shape index (κ3) is 10.8. The van der Waals surface area contributed by atoms with Gasteiger partial charge in [0.05, 0.1) is 0 Å². The van der Waals surface area contributed by atoms with E-state index in [4.69, 9.17) is 0 Å². The molecule has 1 aromatic carbocycles. The molecule has 5 N–H and O–H groups in total. The van der Waals surface area contributed by atoms with Crippen LogP contribution in [0.1, 0.15) is 51.0 Å². The zero-order chi connectivity index (χ0) is 17.2. The van der Waals surface area contributed by atoms with Crippen molar-refractivity contribution in [3.63, 3.8) is 0 Å². The Hall–Kier alpha value is -0.655. The van der Waals surface area contributed by atoms with Crippen molar-refractivity contribution in [3.8, 4) is 0 Å². The molecule has 0 aliphatic heterocycles. The van der Waals surface area contributed by atoms with Crippen LogP contribution in [0.5, 0.6) is 0 Å². The van der Waals surface area contributed by atoms with Gasteiger partial charge < -0.3 is 40.6 Å². The van der Waals surface area contributed by atoms with Gasteiger partial charge in [0.25, 0.3) is 0 Å². The van der Waals surface area contributed by atoms with E-state index in [1.54, 1.807) is 12.1 Å². The fraction of sp³-hybridized carbons (Fsp3) is 0.588. The molecule has 0 radical (unpaired) electrons. The molecule has 1 aromatic rings. The number of halogens is 3. The first-order valence-electron chi connectivity index (χ1n) is 8.40. The van der Waals surface area contributed by atoms with Crippen LogP contribution >= 0.6 is 0 Å². The van der Waals surface area contributed by atoms with Gasteiger partial charge in [-0.3, -0.25) is 4.79 Å². The van der Waals surface area contributed by atoms with E-state index >= 15 is 0 Å². The van der Waals surface area contributed by atoms with E-state index in [2.05, 4.69) is 12.7 Å². The second-order valence-electron chi connectivity index (χ2n) is 6.20. The van der Waals surface area contributed by atoms with Gasteiger partial charge >= 0.3 is 7.12 Å². The summed E-state index contributed by atoms with van der Waals surface area (Å²) in [6.45, 7) is 2.11. The molecule has 0 aromatic heterocycles. The minimum absolute atomic E-state index is 0. The molecule has 2 atom stereocenters. The van der Waals surface area contributed by atoms with Gasteiger partial charge in [-0.25, -0.2) is 4.39 Å². The van der Waals surface area contributed by atoms with Gasteiger partial charge in [-0.15, -0.1) is 0 Å². The maximum Gasteiger partial charge on any atom is 0.455 e. The second kappa shape index (κ2) is 14.5.